The normalized spacial score (nSPS) is 15.9. The Balaban J connectivity index is 1.68. The maximum absolute atomic E-state index is 13.5. The first-order chi connectivity index (χ1) is 10.6. The Morgan fingerprint density at radius 3 is 2.86 bits per heavy atom. The zero-order chi connectivity index (χ0) is 15.9. The number of nitrogens with one attached hydrogen (secondary N) is 2. The molecule has 1 atom stereocenters. The second-order valence-electron chi connectivity index (χ2n) is 5.48. The molecule has 2 rings (SSSR count). The number of hydrogen-bond donors (Lipinski definition) is 2. The summed E-state index contributed by atoms with van der Waals surface area (Å²) >= 11 is 0. The minimum absolute atomic E-state index is 0.184. The van der Waals surface area contributed by atoms with E-state index in [-0.39, 0.29) is 17.5 Å². The van der Waals surface area contributed by atoms with Gasteiger partial charge in [0.2, 0.25) is 11.8 Å². The average Bonchev–Trinajstić information content (AvgIpc) is 2.91. The highest BCUT2D eigenvalue weighted by Crippen LogP contribution is 2.12. The van der Waals surface area contributed by atoms with Crippen LogP contribution in [-0.2, 0) is 9.59 Å². The van der Waals surface area contributed by atoms with Gasteiger partial charge in [0, 0.05) is 19.5 Å². The van der Waals surface area contributed by atoms with E-state index in [2.05, 4.69) is 10.6 Å². The summed E-state index contributed by atoms with van der Waals surface area (Å²) in [4.78, 5) is 25.3. The van der Waals surface area contributed by atoms with E-state index < -0.39 is 11.9 Å². The number of anilines is 1. The number of hydrogen-bond acceptors (Lipinski definition) is 3. The summed E-state index contributed by atoms with van der Waals surface area (Å²) in [5.74, 6) is -0.511. The van der Waals surface area contributed by atoms with Crippen LogP contribution in [-0.4, -0.2) is 42.4 Å². The maximum Gasteiger partial charge on any atom is 0.241 e. The van der Waals surface area contributed by atoms with E-state index in [1.165, 1.54) is 12.1 Å². The van der Waals surface area contributed by atoms with E-state index in [9.17, 15) is 14.0 Å². The van der Waals surface area contributed by atoms with Crippen LogP contribution in [0.3, 0.4) is 0 Å². The first-order valence-electron chi connectivity index (χ1n) is 7.64. The molecule has 0 aromatic heterocycles. The van der Waals surface area contributed by atoms with Gasteiger partial charge in [-0.2, -0.15) is 0 Å². The molecule has 0 spiro atoms. The zero-order valence-corrected chi connectivity index (χ0v) is 12.8. The molecule has 1 fully saturated rings. The van der Waals surface area contributed by atoms with Crippen LogP contribution < -0.4 is 10.6 Å². The first kappa shape index (κ1) is 16.4. The van der Waals surface area contributed by atoms with Crippen LogP contribution in [0.2, 0.25) is 0 Å². The van der Waals surface area contributed by atoms with Crippen molar-refractivity contribution in [3.05, 3.63) is 30.1 Å². The molecule has 120 valence electrons. The number of rotatable bonds is 7. The summed E-state index contributed by atoms with van der Waals surface area (Å²) in [5.41, 5.74) is 0.184. The Bertz CT molecular complexity index is 536. The smallest absolute Gasteiger partial charge is 0.241 e. The lowest BCUT2D eigenvalue weighted by Crippen LogP contribution is -2.39. The topological polar surface area (TPSA) is 61.4 Å². The molecule has 1 aliphatic heterocycles. The molecule has 0 saturated carbocycles. The van der Waals surface area contributed by atoms with Crippen molar-refractivity contribution in [2.75, 3.05) is 25.0 Å². The van der Waals surface area contributed by atoms with E-state index in [1.807, 2.05) is 4.90 Å². The fourth-order valence-corrected chi connectivity index (χ4v) is 2.43. The van der Waals surface area contributed by atoms with Crippen molar-refractivity contribution < 1.29 is 14.0 Å². The molecular formula is C16H22FN3O2. The zero-order valence-electron chi connectivity index (χ0n) is 12.8. The molecule has 0 unspecified atom stereocenters. The maximum atomic E-state index is 13.5. The number of para-hydroxylation sites is 1. The van der Waals surface area contributed by atoms with Crippen LogP contribution in [0.25, 0.3) is 0 Å². The van der Waals surface area contributed by atoms with Crippen LogP contribution in [0.4, 0.5) is 10.1 Å². The van der Waals surface area contributed by atoms with Gasteiger partial charge in [0.15, 0.2) is 0 Å². The molecule has 0 bridgehead atoms. The highest BCUT2D eigenvalue weighted by Gasteiger charge is 2.19. The third-order valence-corrected chi connectivity index (χ3v) is 3.75. The van der Waals surface area contributed by atoms with Crippen LogP contribution in [0.15, 0.2) is 24.3 Å². The van der Waals surface area contributed by atoms with E-state index in [1.54, 1.807) is 19.1 Å². The Kier molecular flexibility index (Phi) is 5.89. The summed E-state index contributed by atoms with van der Waals surface area (Å²) in [5, 5.41) is 5.65. The molecule has 1 aromatic carbocycles. The van der Waals surface area contributed by atoms with Crippen molar-refractivity contribution in [3.63, 3.8) is 0 Å². The van der Waals surface area contributed by atoms with Gasteiger partial charge < -0.3 is 15.5 Å². The lowest BCUT2D eigenvalue weighted by molar-refractivity contribution is -0.127. The Labute approximate surface area is 129 Å². The highest BCUT2D eigenvalue weighted by molar-refractivity contribution is 5.94. The molecule has 0 radical (unpaired) electrons. The van der Waals surface area contributed by atoms with Crippen molar-refractivity contribution in [3.8, 4) is 0 Å². The highest BCUT2D eigenvalue weighted by atomic mass is 19.1. The van der Waals surface area contributed by atoms with Crippen LogP contribution in [0.1, 0.15) is 26.2 Å². The fourth-order valence-electron chi connectivity index (χ4n) is 2.43. The van der Waals surface area contributed by atoms with Crippen molar-refractivity contribution >= 4 is 17.5 Å². The van der Waals surface area contributed by atoms with E-state index in [0.29, 0.717) is 19.5 Å². The van der Waals surface area contributed by atoms with E-state index in [0.717, 1.165) is 19.4 Å². The molecule has 5 nitrogen and oxygen atoms in total. The number of carbonyl (C=O) groups excluding carboxylic acids is 2. The molecule has 0 aliphatic carbocycles. The Morgan fingerprint density at radius 2 is 2.18 bits per heavy atom. The lowest BCUT2D eigenvalue weighted by Gasteiger charge is -2.17. The monoisotopic (exact) mass is 307 g/mol. The van der Waals surface area contributed by atoms with Crippen molar-refractivity contribution in [1.82, 2.24) is 10.2 Å². The van der Waals surface area contributed by atoms with Crippen LogP contribution in [0.5, 0.6) is 0 Å². The molecule has 1 saturated heterocycles. The fraction of sp³-hybridized carbons (Fsp3) is 0.500. The van der Waals surface area contributed by atoms with Gasteiger partial charge in [-0.05, 0) is 38.4 Å². The van der Waals surface area contributed by atoms with E-state index >= 15 is 0 Å². The number of likely N-dealkylation sites (tertiary alicyclic amines) is 1. The summed E-state index contributed by atoms with van der Waals surface area (Å²) < 4.78 is 13.5. The predicted octanol–water partition coefficient (Wildman–Crippen LogP) is 1.75. The molecule has 1 aromatic rings. The molecular weight excluding hydrogens is 285 g/mol. The van der Waals surface area contributed by atoms with Gasteiger partial charge in [0.05, 0.1) is 11.7 Å². The number of carbonyl (C=O) groups is 2. The van der Waals surface area contributed by atoms with Crippen LogP contribution >= 0.6 is 0 Å². The molecule has 22 heavy (non-hydrogen) atoms. The Morgan fingerprint density at radius 1 is 1.41 bits per heavy atom. The second-order valence-corrected chi connectivity index (χ2v) is 5.48. The van der Waals surface area contributed by atoms with E-state index in [4.69, 9.17) is 0 Å². The first-order valence-corrected chi connectivity index (χ1v) is 7.64. The van der Waals surface area contributed by atoms with Gasteiger partial charge >= 0.3 is 0 Å². The number of halogens is 1. The summed E-state index contributed by atoms with van der Waals surface area (Å²) in [6, 6.07) is 5.66. The largest absolute Gasteiger partial charge is 0.343 e. The number of amides is 2. The lowest BCUT2D eigenvalue weighted by atomic mass is 10.2. The van der Waals surface area contributed by atoms with Gasteiger partial charge in [-0.25, -0.2) is 4.39 Å². The second kappa shape index (κ2) is 7.89. The molecule has 1 heterocycles. The predicted molar refractivity (Wildman–Crippen MR) is 82.9 cm³/mol. The number of nitrogens with zero attached hydrogens (tertiary/aromatic N) is 1. The summed E-state index contributed by atoms with van der Waals surface area (Å²) in [7, 11) is 0. The number of benzene rings is 1. The van der Waals surface area contributed by atoms with Gasteiger partial charge in [0.25, 0.3) is 0 Å². The minimum Gasteiger partial charge on any atom is -0.343 e. The van der Waals surface area contributed by atoms with Gasteiger partial charge in [-0.1, -0.05) is 12.1 Å². The van der Waals surface area contributed by atoms with Crippen molar-refractivity contribution in [1.29, 1.82) is 0 Å². The average molecular weight is 307 g/mol. The molecule has 2 amide bonds. The molecule has 1 aliphatic rings. The third-order valence-electron chi connectivity index (χ3n) is 3.75. The van der Waals surface area contributed by atoms with Crippen molar-refractivity contribution in [2.24, 2.45) is 0 Å². The summed E-state index contributed by atoms with van der Waals surface area (Å²) in [6.07, 6.45) is 2.38. The van der Waals surface area contributed by atoms with Crippen LogP contribution in [0, 0.1) is 5.82 Å². The van der Waals surface area contributed by atoms with Gasteiger partial charge in [-0.3, -0.25) is 9.59 Å². The quantitative estimate of drug-likeness (QED) is 0.755. The SMILES string of the molecule is C[C@@H](NCCCN1CCCC1=O)C(=O)Nc1ccccc1F. The Hall–Kier alpha value is -1.95. The van der Waals surface area contributed by atoms with Crippen molar-refractivity contribution in [2.45, 2.75) is 32.2 Å². The molecule has 6 heteroatoms. The summed E-state index contributed by atoms with van der Waals surface area (Å²) in [6.45, 7) is 3.92. The molecule has 2 N–H and O–H groups in total. The minimum atomic E-state index is -0.449. The third kappa shape index (κ3) is 4.53. The standard InChI is InChI=1S/C16H22FN3O2/c1-12(16(22)19-14-7-3-2-6-13(14)17)18-9-5-11-20-10-4-8-15(20)21/h2-3,6-7,12,18H,4-5,8-11H2,1H3,(H,19,22)/t12-/m1/s1. The van der Waals surface area contributed by atoms with Gasteiger partial charge in [0.1, 0.15) is 5.82 Å². The van der Waals surface area contributed by atoms with Gasteiger partial charge in [-0.15, -0.1) is 0 Å².